The SMILES string of the molecule is CCN(C(=O)NCCOC)C1CCS(=O)(=O)C1. The number of rotatable bonds is 5. The molecule has 1 heterocycles. The van der Waals surface area contributed by atoms with Crippen LogP contribution >= 0.6 is 0 Å². The van der Waals surface area contributed by atoms with E-state index in [9.17, 15) is 13.2 Å². The number of carbonyl (C=O) groups is 1. The second-order valence-electron chi connectivity index (χ2n) is 4.07. The molecule has 0 radical (unpaired) electrons. The third-order valence-corrected chi connectivity index (χ3v) is 4.58. The molecule has 1 N–H and O–H groups in total. The van der Waals surface area contributed by atoms with Crippen molar-refractivity contribution in [1.82, 2.24) is 10.2 Å². The predicted octanol–water partition coefficient (Wildman–Crippen LogP) is -0.149. The van der Waals surface area contributed by atoms with Crippen LogP contribution in [0.1, 0.15) is 13.3 Å². The van der Waals surface area contributed by atoms with Crippen LogP contribution in [0.25, 0.3) is 0 Å². The number of urea groups is 1. The molecule has 1 fully saturated rings. The molecule has 1 aliphatic heterocycles. The number of ether oxygens (including phenoxy) is 1. The monoisotopic (exact) mass is 264 g/mol. The van der Waals surface area contributed by atoms with E-state index in [0.717, 1.165) is 0 Å². The van der Waals surface area contributed by atoms with E-state index in [0.29, 0.717) is 26.1 Å². The Morgan fingerprint density at radius 1 is 1.53 bits per heavy atom. The van der Waals surface area contributed by atoms with Crippen molar-refractivity contribution in [3.05, 3.63) is 0 Å². The molecule has 2 amide bonds. The Morgan fingerprint density at radius 2 is 2.24 bits per heavy atom. The molecule has 100 valence electrons. The minimum Gasteiger partial charge on any atom is -0.383 e. The number of methoxy groups -OCH3 is 1. The summed E-state index contributed by atoms with van der Waals surface area (Å²) in [7, 11) is -1.39. The van der Waals surface area contributed by atoms with Gasteiger partial charge in [0.15, 0.2) is 9.84 Å². The Kier molecular flexibility index (Phi) is 5.20. The highest BCUT2D eigenvalue weighted by atomic mass is 32.2. The van der Waals surface area contributed by atoms with Crippen molar-refractivity contribution >= 4 is 15.9 Å². The van der Waals surface area contributed by atoms with Crippen molar-refractivity contribution < 1.29 is 17.9 Å². The van der Waals surface area contributed by atoms with Crippen LogP contribution in [0.4, 0.5) is 4.79 Å². The number of hydrogen-bond acceptors (Lipinski definition) is 4. The Labute approximate surface area is 102 Å². The summed E-state index contributed by atoms with van der Waals surface area (Å²) < 4.78 is 27.6. The number of sulfone groups is 1. The zero-order chi connectivity index (χ0) is 12.9. The standard InChI is InChI=1S/C10H20N2O4S/c1-3-12(10(13)11-5-6-16-2)9-4-7-17(14,15)8-9/h9H,3-8H2,1-2H3,(H,11,13). The highest BCUT2D eigenvalue weighted by Gasteiger charge is 2.33. The van der Waals surface area contributed by atoms with Crippen LogP contribution in [-0.4, -0.2) is 63.7 Å². The quantitative estimate of drug-likeness (QED) is 0.701. The number of carbonyl (C=O) groups excluding carboxylic acids is 1. The minimum atomic E-state index is -2.96. The lowest BCUT2D eigenvalue weighted by atomic mass is 10.2. The fraction of sp³-hybridized carbons (Fsp3) is 0.900. The fourth-order valence-electron chi connectivity index (χ4n) is 1.95. The van der Waals surface area contributed by atoms with E-state index in [-0.39, 0.29) is 23.6 Å². The van der Waals surface area contributed by atoms with Gasteiger partial charge in [0, 0.05) is 26.2 Å². The molecule has 1 rings (SSSR count). The highest BCUT2D eigenvalue weighted by molar-refractivity contribution is 7.91. The Morgan fingerprint density at radius 3 is 2.71 bits per heavy atom. The first-order valence-electron chi connectivity index (χ1n) is 5.74. The predicted molar refractivity (Wildman–Crippen MR) is 64.7 cm³/mol. The maximum Gasteiger partial charge on any atom is 0.317 e. The molecule has 0 aromatic rings. The van der Waals surface area contributed by atoms with Crippen LogP contribution in [-0.2, 0) is 14.6 Å². The lowest BCUT2D eigenvalue weighted by Gasteiger charge is -2.26. The van der Waals surface area contributed by atoms with Crippen molar-refractivity contribution in [2.45, 2.75) is 19.4 Å². The van der Waals surface area contributed by atoms with E-state index < -0.39 is 9.84 Å². The van der Waals surface area contributed by atoms with E-state index >= 15 is 0 Å². The third kappa shape index (κ3) is 4.16. The number of nitrogens with zero attached hydrogens (tertiary/aromatic N) is 1. The smallest absolute Gasteiger partial charge is 0.317 e. The summed E-state index contributed by atoms with van der Waals surface area (Å²) in [4.78, 5) is 13.4. The van der Waals surface area contributed by atoms with Gasteiger partial charge < -0.3 is 15.0 Å². The van der Waals surface area contributed by atoms with E-state index in [1.54, 1.807) is 12.0 Å². The first-order valence-corrected chi connectivity index (χ1v) is 7.56. The summed E-state index contributed by atoms with van der Waals surface area (Å²) in [5.74, 6) is 0.262. The summed E-state index contributed by atoms with van der Waals surface area (Å²) in [6.45, 7) is 3.25. The Balaban J connectivity index is 2.50. The number of amides is 2. The molecule has 0 bridgehead atoms. The molecule has 6 nitrogen and oxygen atoms in total. The highest BCUT2D eigenvalue weighted by Crippen LogP contribution is 2.17. The van der Waals surface area contributed by atoms with Crippen LogP contribution in [0.2, 0.25) is 0 Å². The van der Waals surface area contributed by atoms with Gasteiger partial charge in [-0.25, -0.2) is 13.2 Å². The van der Waals surface area contributed by atoms with Gasteiger partial charge in [-0.1, -0.05) is 0 Å². The van der Waals surface area contributed by atoms with Crippen molar-refractivity contribution in [1.29, 1.82) is 0 Å². The second kappa shape index (κ2) is 6.20. The van der Waals surface area contributed by atoms with Crippen LogP contribution in [0, 0.1) is 0 Å². The number of hydrogen-bond donors (Lipinski definition) is 1. The van der Waals surface area contributed by atoms with Gasteiger partial charge in [-0.05, 0) is 13.3 Å². The van der Waals surface area contributed by atoms with Gasteiger partial charge in [0.1, 0.15) is 0 Å². The van der Waals surface area contributed by atoms with Gasteiger partial charge in [-0.2, -0.15) is 0 Å². The second-order valence-corrected chi connectivity index (χ2v) is 6.30. The lowest BCUT2D eigenvalue weighted by Crippen LogP contribution is -2.47. The summed E-state index contributed by atoms with van der Waals surface area (Å²) in [5.41, 5.74) is 0. The maximum absolute atomic E-state index is 11.8. The van der Waals surface area contributed by atoms with Crippen molar-refractivity contribution in [3.8, 4) is 0 Å². The molecule has 1 saturated heterocycles. The molecular weight excluding hydrogens is 244 g/mol. The molecule has 7 heteroatoms. The van der Waals surface area contributed by atoms with Crippen molar-refractivity contribution in [2.24, 2.45) is 0 Å². The average Bonchev–Trinajstić information content (AvgIpc) is 2.60. The average molecular weight is 264 g/mol. The molecule has 0 aliphatic carbocycles. The molecular formula is C10H20N2O4S. The van der Waals surface area contributed by atoms with Crippen LogP contribution in [0.5, 0.6) is 0 Å². The third-order valence-electron chi connectivity index (χ3n) is 2.83. The van der Waals surface area contributed by atoms with Crippen molar-refractivity contribution in [2.75, 3.05) is 38.3 Å². The van der Waals surface area contributed by atoms with Gasteiger partial charge in [0.05, 0.1) is 18.1 Å². The van der Waals surface area contributed by atoms with Gasteiger partial charge in [0.25, 0.3) is 0 Å². The largest absolute Gasteiger partial charge is 0.383 e. The zero-order valence-corrected chi connectivity index (χ0v) is 11.1. The van der Waals surface area contributed by atoms with Crippen molar-refractivity contribution in [3.63, 3.8) is 0 Å². The molecule has 1 atom stereocenters. The van der Waals surface area contributed by atoms with Crippen LogP contribution in [0.15, 0.2) is 0 Å². The van der Waals surface area contributed by atoms with E-state index in [4.69, 9.17) is 4.74 Å². The molecule has 17 heavy (non-hydrogen) atoms. The summed E-state index contributed by atoms with van der Waals surface area (Å²) in [6.07, 6.45) is 0.536. The molecule has 1 aliphatic rings. The van der Waals surface area contributed by atoms with E-state index in [1.807, 2.05) is 6.92 Å². The van der Waals surface area contributed by atoms with Gasteiger partial charge in [-0.3, -0.25) is 0 Å². The molecule has 0 spiro atoms. The maximum atomic E-state index is 11.8. The minimum absolute atomic E-state index is 0.0819. The normalized spacial score (nSPS) is 22.4. The van der Waals surface area contributed by atoms with Gasteiger partial charge in [0.2, 0.25) is 0 Å². The van der Waals surface area contributed by atoms with Crippen LogP contribution < -0.4 is 5.32 Å². The summed E-state index contributed by atoms with van der Waals surface area (Å²) in [6, 6.07) is -0.404. The Hall–Kier alpha value is -0.820. The molecule has 0 aromatic carbocycles. The topological polar surface area (TPSA) is 75.7 Å². The first-order chi connectivity index (χ1) is 8.00. The van der Waals surface area contributed by atoms with E-state index in [2.05, 4.69) is 5.32 Å². The number of nitrogens with one attached hydrogen (secondary N) is 1. The van der Waals surface area contributed by atoms with Crippen LogP contribution in [0.3, 0.4) is 0 Å². The van der Waals surface area contributed by atoms with Gasteiger partial charge >= 0.3 is 6.03 Å². The van der Waals surface area contributed by atoms with E-state index in [1.165, 1.54) is 0 Å². The molecule has 1 unspecified atom stereocenters. The summed E-state index contributed by atoms with van der Waals surface area (Å²) in [5, 5.41) is 2.71. The fourth-order valence-corrected chi connectivity index (χ4v) is 3.68. The lowest BCUT2D eigenvalue weighted by molar-refractivity contribution is 0.170. The zero-order valence-electron chi connectivity index (χ0n) is 10.3. The molecule has 0 aromatic heterocycles. The summed E-state index contributed by atoms with van der Waals surface area (Å²) >= 11 is 0. The first kappa shape index (κ1) is 14.2. The van der Waals surface area contributed by atoms with Gasteiger partial charge in [-0.15, -0.1) is 0 Å². The Bertz CT molecular complexity index is 355. The molecule has 0 saturated carbocycles.